The Labute approximate surface area is 110 Å². The second kappa shape index (κ2) is 6.43. The van der Waals surface area contributed by atoms with Gasteiger partial charge in [0.05, 0.1) is 13.0 Å². The van der Waals surface area contributed by atoms with Crippen LogP contribution in [0.2, 0.25) is 0 Å². The highest BCUT2D eigenvalue weighted by Gasteiger charge is 2.18. The van der Waals surface area contributed by atoms with Gasteiger partial charge in [-0.2, -0.15) is 0 Å². The molecule has 1 aromatic rings. The molecule has 0 aliphatic carbocycles. The molecule has 0 aromatic heterocycles. The summed E-state index contributed by atoms with van der Waals surface area (Å²) in [5.74, 6) is 0.903. The van der Waals surface area contributed by atoms with Gasteiger partial charge in [-0.1, -0.05) is 39.0 Å². The summed E-state index contributed by atoms with van der Waals surface area (Å²) < 4.78 is 5.72. The van der Waals surface area contributed by atoms with Gasteiger partial charge in [-0.3, -0.25) is 4.79 Å². The average Bonchev–Trinajstić information content (AvgIpc) is 2.28. The molecule has 0 fully saturated rings. The Morgan fingerprint density at radius 2 is 1.94 bits per heavy atom. The van der Waals surface area contributed by atoms with Crippen LogP contribution in [-0.2, 0) is 10.2 Å². The Balaban J connectivity index is 2.60. The van der Waals surface area contributed by atoms with E-state index in [4.69, 9.17) is 4.74 Å². The molecule has 0 bridgehead atoms. The van der Waals surface area contributed by atoms with Crippen LogP contribution in [0, 0.1) is 0 Å². The number of rotatable bonds is 5. The first kappa shape index (κ1) is 14.6. The predicted octanol–water partition coefficient (Wildman–Crippen LogP) is 2.89. The van der Waals surface area contributed by atoms with Gasteiger partial charge in [0.15, 0.2) is 0 Å². The van der Waals surface area contributed by atoms with Crippen molar-refractivity contribution in [2.45, 2.75) is 39.5 Å². The fraction of sp³-hybridized carbons (Fsp3) is 0.533. The van der Waals surface area contributed by atoms with Crippen molar-refractivity contribution in [2.75, 3.05) is 13.2 Å². The lowest BCUT2D eigenvalue weighted by atomic mass is 9.86. The Hall–Kier alpha value is -1.51. The molecule has 0 aliphatic heterocycles. The van der Waals surface area contributed by atoms with Gasteiger partial charge < -0.3 is 10.1 Å². The molecule has 0 saturated carbocycles. The number of hydrogen-bond acceptors (Lipinski definition) is 2. The number of hydrogen-bond donors (Lipinski definition) is 1. The number of para-hydroxylation sites is 1. The smallest absolute Gasteiger partial charge is 0.223 e. The molecule has 0 atom stereocenters. The van der Waals surface area contributed by atoms with Crippen LogP contribution in [0.25, 0.3) is 0 Å². The molecule has 0 spiro atoms. The molecule has 0 heterocycles. The maximum absolute atomic E-state index is 11.3. The minimum Gasteiger partial charge on any atom is -0.493 e. The van der Waals surface area contributed by atoms with Crippen LogP contribution in [0.5, 0.6) is 5.75 Å². The summed E-state index contributed by atoms with van der Waals surface area (Å²) in [6, 6.07) is 7.99. The molecule has 1 rings (SSSR count). The monoisotopic (exact) mass is 249 g/mol. The van der Waals surface area contributed by atoms with Crippen LogP contribution < -0.4 is 10.1 Å². The van der Waals surface area contributed by atoms with Gasteiger partial charge >= 0.3 is 0 Å². The maximum Gasteiger partial charge on any atom is 0.223 e. The molecule has 1 amide bonds. The van der Waals surface area contributed by atoms with E-state index in [1.807, 2.05) is 25.1 Å². The van der Waals surface area contributed by atoms with Crippen molar-refractivity contribution >= 4 is 5.91 Å². The van der Waals surface area contributed by atoms with E-state index in [0.29, 0.717) is 19.6 Å². The largest absolute Gasteiger partial charge is 0.493 e. The van der Waals surface area contributed by atoms with Gasteiger partial charge in [-0.25, -0.2) is 0 Å². The van der Waals surface area contributed by atoms with Gasteiger partial charge in [-0.15, -0.1) is 0 Å². The number of carbonyl (C=O) groups is 1. The lowest BCUT2D eigenvalue weighted by molar-refractivity contribution is -0.121. The lowest BCUT2D eigenvalue weighted by Gasteiger charge is -2.22. The fourth-order valence-corrected chi connectivity index (χ4v) is 1.75. The van der Waals surface area contributed by atoms with Crippen molar-refractivity contribution in [3.63, 3.8) is 0 Å². The van der Waals surface area contributed by atoms with Crippen molar-refractivity contribution in [1.82, 2.24) is 5.32 Å². The highest BCUT2D eigenvalue weighted by molar-refractivity contribution is 5.75. The highest BCUT2D eigenvalue weighted by Crippen LogP contribution is 2.30. The lowest BCUT2D eigenvalue weighted by Crippen LogP contribution is -2.24. The first-order valence-corrected chi connectivity index (χ1v) is 6.44. The van der Waals surface area contributed by atoms with Crippen LogP contribution in [0.1, 0.15) is 39.7 Å². The second-order valence-electron chi connectivity index (χ2n) is 5.30. The molecule has 0 aliphatic rings. The zero-order chi connectivity index (χ0) is 13.6. The third-order valence-corrected chi connectivity index (χ3v) is 2.66. The molecule has 0 radical (unpaired) electrons. The molecule has 3 heteroatoms. The number of ether oxygens (including phenoxy) is 1. The second-order valence-corrected chi connectivity index (χ2v) is 5.30. The van der Waals surface area contributed by atoms with Crippen molar-refractivity contribution in [2.24, 2.45) is 0 Å². The Kier molecular flexibility index (Phi) is 5.20. The van der Waals surface area contributed by atoms with Crippen LogP contribution in [0.3, 0.4) is 0 Å². The number of carbonyl (C=O) groups excluding carboxylic acids is 1. The minimum absolute atomic E-state index is 0.0331. The summed E-state index contributed by atoms with van der Waals surface area (Å²) in [5.41, 5.74) is 1.21. The van der Waals surface area contributed by atoms with Crippen LogP contribution in [0.4, 0.5) is 0 Å². The summed E-state index contributed by atoms with van der Waals surface area (Å²) >= 11 is 0. The van der Waals surface area contributed by atoms with E-state index in [1.54, 1.807) is 0 Å². The van der Waals surface area contributed by atoms with Crippen molar-refractivity contribution in [1.29, 1.82) is 0 Å². The maximum atomic E-state index is 11.3. The van der Waals surface area contributed by atoms with Crippen molar-refractivity contribution in [3.05, 3.63) is 29.8 Å². The van der Waals surface area contributed by atoms with Crippen LogP contribution in [0.15, 0.2) is 24.3 Å². The molecule has 1 N–H and O–H groups in total. The molecule has 100 valence electrons. The van der Waals surface area contributed by atoms with E-state index >= 15 is 0 Å². The molecule has 18 heavy (non-hydrogen) atoms. The third-order valence-electron chi connectivity index (χ3n) is 2.66. The summed E-state index contributed by atoms with van der Waals surface area (Å²) in [6.07, 6.45) is 0.395. The Bertz CT molecular complexity index is 394. The average molecular weight is 249 g/mol. The molecule has 1 aromatic carbocycles. The summed E-state index contributed by atoms with van der Waals surface area (Å²) in [7, 11) is 0. The van der Waals surface area contributed by atoms with Gasteiger partial charge in [0.1, 0.15) is 5.75 Å². The predicted molar refractivity (Wildman–Crippen MR) is 73.9 cm³/mol. The molecule has 3 nitrogen and oxygen atoms in total. The zero-order valence-electron chi connectivity index (χ0n) is 11.7. The van der Waals surface area contributed by atoms with E-state index in [9.17, 15) is 4.79 Å². The van der Waals surface area contributed by atoms with Gasteiger partial charge in [0, 0.05) is 6.54 Å². The van der Waals surface area contributed by atoms with Gasteiger partial charge in [0.2, 0.25) is 5.91 Å². The van der Waals surface area contributed by atoms with Crippen molar-refractivity contribution in [3.8, 4) is 5.75 Å². The number of nitrogens with one attached hydrogen (secondary N) is 1. The molecular weight excluding hydrogens is 226 g/mol. The number of benzene rings is 1. The fourth-order valence-electron chi connectivity index (χ4n) is 1.75. The summed E-state index contributed by atoms with van der Waals surface area (Å²) in [5, 5.41) is 2.76. The highest BCUT2D eigenvalue weighted by atomic mass is 16.5. The van der Waals surface area contributed by atoms with Gasteiger partial charge in [-0.05, 0) is 24.0 Å². The van der Waals surface area contributed by atoms with Crippen molar-refractivity contribution < 1.29 is 9.53 Å². The van der Waals surface area contributed by atoms with E-state index in [-0.39, 0.29) is 11.3 Å². The molecular formula is C15H23NO2. The normalized spacial score (nSPS) is 11.1. The quantitative estimate of drug-likeness (QED) is 0.871. The number of amides is 1. The first-order chi connectivity index (χ1) is 8.45. The molecule has 0 unspecified atom stereocenters. The van der Waals surface area contributed by atoms with E-state index in [0.717, 1.165) is 5.75 Å². The van der Waals surface area contributed by atoms with Crippen LogP contribution in [-0.4, -0.2) is 19.1 Å². The zero-order valence-corrected chi connectivity index (χ0v) is 11.7. The van der Waals surface area contributed by atoms with E-state index in [2.05, 4.69) is 32.2 Å². The topological polar surface area (TPSA) is 38.3 Å². The Morgan fingerprint density at radius 1 is 1.28 bits per heavy atom. The Morgan fingerprint density at radius 3 is 2.56 bits per heavy atom. The molecule has 0 saturated heterocycles. The van der Waals surface area contributed by atoms with E-state index in [1.165, 1.54) is 5.56 Å². The minimum atomic E-state index is 0.0331. The summed E-state index contributed by atoms with van der Waals surface area (Å²) in [6.45, 7) is 9.45. The van der Waals surface area contributed by atoms with E-state index < -0.39 is 0 Å². The third kappa shape index (κ3) is 4.40. The standard InChI is InChI=1S/C15H23NO2/c1-5-16-14(17)10-11-18-13-9-7-6-8-12(13)15(2,3)4/h6-9H,5,10-11H2,1-4H3,(H,16,17). The van der Waals surface area contributed by atoms with Crippen LogP contribution >= 0.6 is 0 Å². The first-order valence-electron chi connectivity index (χ1n) is 6.44. The van der Waals surface area contributed by atoms with Gasteiger partial charge in [0.25, 0.3) is 0 Å². The SMILES string of the molecule is CCNC(=O)CCOc1ccccc1C(C)(C)C. The summed E-state index contributed by atoms with van der Waals surface area (Å²) in [4.78, 5) is 11.3.